The van der Waals surface area contributed by atoms with Gasteiger partial charge in [0, 0.05) is 5.92 Å². The van der Waals surface area contributed by atoms with Crippen molar-refractivity contribution in [2.45, 2.75) is 86.7 Å². The Bertz CT molecular complexity index is 798. The maximum atomic E-state index is 11.6. The minimum absolute atomic E-state index is 0.0553. The van der Waals surface area contributed by atoms with Crippen LogP contribution in [-0.2, 0) is 14.2 Å². The van der Waals surface area contributed by atoms with Gasteiger partial charge in [0.05, 0.1) is 13.2 Å². The molecule has 0 aliphatic heterocycles. The van der Waals surface area contributed by atoms with Crippen LogP contribution >= 0.6 is 0 Å². The monoisotopic (exact) mass is 476 g/mol. The van der Waals surface area contributed by atoms with Gasteiger partial charge in [0.2, 0.25) is 0 Å². The van der Waals surface area contributed by atoms with Crippen molar-refractivity contribution in [1.82, 2.24) is 0 Å². The fourth-order valence-electron chi connectivity index (χ4n) is 3.86. The zero-order chi connectivity index (χ0) is 25.8. The summed E-state index contributed by atoms with van der Waals surface area (Å²) in [7, 11) is 0. The fraction of sp³-hybridized carbons (Fsp3) is 0.643. The molecule has 192 valence electrons. The second-order valence-corrected chi connectivity index (χ2v) is 9.96. The molecule has 0 heterocycles. The van der Waals surface area contributed by atoms with Crippen molar-refractivity contribution in [3.8, 4) is 5.75 Å². The van der Waals surface area contributed by atoms with E-state index in [0.717, 1.165) is 29.5 Å². The van der Waals surface area contributed by atoms with Crippen LogP contribution in [0.25, 0.3) is 0 Å². The predicted molar refractivity (Wildman–Crippen MR) is 135 cm³/mol. The third-order valence-electron chi connectivity index (χ3n) is 5.72. The van der Waals surface area contributed by atoms with E-state index in [1.165, 1.54) is 6.42 Å². The Labute approximate surface area is 206 Å². The van der Waals surface area contributed by atoms with Crippen LogP contribution in [-0.4, -0.2) is 31.6 Å². The van der Waals surface area contributed by atoms with E-state index in [2.05, 4.69) is 27.4 Å². The number of carbonyl (C=O) groups excluding carboxylic acids is 2. The van der Waals surface area contributed by atoms with Crippen LogP contribution in [0.15, 0.2) is 30.4 Å². The Morgan fingerprint density at radius 2 is 1.76 bits per heavy atom. The number of rotatable bonds is 7. The first-order valence-corrected chi connectivity index (χ1v) is 12.4. The number of carbonyl (C=O) groups is 2. The van der Waals surface area contributed by atoms with Crippen LogP contribution in [0.2, 0.25) is 0 Å². The Kier molecular flexibility index (Phi) is 12.8. The number of benzene rings is 1. The first kappa shape index (κ1) is 29.5. The highest BCUT2D eigenvalue weighted by molar-refractivity contribution is 5.65. The van der Waals surface area contributed by atoms with Gasteiger partial charge in [0.15, 0.2) is 0 Å². The minimum Gasteiger partial charge on any atom is -0.435 e. The largest absolute Gasteiger partial charge is 0.513 e. The normalized spacial score (nSPS) is 19.6. The van der Waals surface area contributed by atoms with E-state index >= 15 is 0 Å². The average molecular weight is 477 g/mol. The number of hydrogen-bond acceptors (Lipinski definition) is 6. The van der Waals surface area contributed by atoms with Crippen LogP contribution in [0, 0.1) is 24.7 Å². The highest BCUT2D eigenvalue weighted by Crippen LogP contribution is 2.34. The molecule has 0 spiro atoms. The highest BCUT2D eigenvalue weighted by Gasteiger charge is 2.32. The lowest BCUT2D eigenvalue weighted by Crippen LogP contribution is -2.33. The van der Waals surface area contributed by atoms with Gasteiger partial charge < -0.3 is 18.9 Å². The van der Waals surface area contributed by atoms with Crippen LogP contribution in [0.1, 0.15) is 84.8 Å². The van der Waals surface area contributed by atoms with E-state index in [1.54, 1.807) is 6.92 Å². The molecule has 1 aromatic carbocycles. The average Bonchev–Trinajstić information content (AvgIpc) is 2.72. The quantitative estimate of drug-likeness (QED) is 0.227. The lowest BCUT2D eigenvalue weighted by atomic mass is 9.78. The summed E-state index contributed by atoms with van der Waals surface area (Å²) in [6.45, 7) is 20.8. The summed E-state index contributed by atoms with van der Waals surface area (Å²) in [6, 6.07) is 5.87. The molecule has 0 bridgehead atoms. The van der Waals surface area contributed by atoms with Crippen molar-refractivity contribution in [2.75, 3.05) is 13.2 Å². The SMILES string of the molecule is C=C(C)C1CCC(C)CC1OC(=O)OCC.Cc1ccc(C(C)C)c(OC(=O)OCC(C)C)c1. The van der Waals surface area contributed by atoms with Crippen molar-refractivity contribution in [3.05, 3.63) is 41.5 Å². The molecule has 6 nitrogen and oxygen atoms in total. The summed E-state index contributed by atoms with van der Waals surface area (Å²) in [5, 5.41) is 0. The molecule has 1 saturated carbocycles. The third-order valence-corrected chi connectivity index (χ3v) is 5.72. The van der Waals surface area contributed by atoms with Gasteiger partial charge in [-0.3, -0.25) is 0 Å². The molecule has 2 rings (SSSR count). The smallest absolute Gasteiger partial charge is 0.435 e. The van der Waals surface area contributed by atoms with Crippen molar-refractivity contribution in [1.29, 1.82) is 0 Å². The molecule has 0 amide bonds. The molecule has 0 aromatic heterocycles. The summed E-state index contributed by atoms with van der Waals surface area (Å²) < 4.78 is 20.5. The van der Waals surface area contributed by atoms with Gasteiger partial charge in [-0.2, -0.15) is 0 Å². The molecule has 0 radical (unpaired) electrons. The van der Waals surface area contributed by atoms with Gasteiger partial charge in [0.1, 0.15) is 11.9 Å². The van der Waals surface area contributed by atoms with E-state index in [-0.39, 0.29) is 6.10 Å². The van der Waals surface area contributed by atoms with Gasteiger partial charge in [-0.05, 0) is 75.0 Å². The molecule has 3 atom stereocenters. The van der Waals surface area contributed by atoms with Gasteiger partial charge in [-0.15, -0.1) is 0 Å². The highest BCUT2D eigenvalue weighted by atomic mass is 16.7. The number of ether oxygens (including phenoxy) is 4. The van der Waals surface area contributed by atoms with Crippen molar-refractivity contribution in [2.24, 2.45) is 17.8 Å². The number of aryl methyl sites for hydroxylation is 1. The van der Waals surface area contributed by atoms with E-state index in [1.807, 2.05) is 45.9 Å². The Balaban J connectivity index is 0.000000342. The molecule has 1 aliphatic rings. The van der Waals surface area contributed by atoms with Crippen molar-refractivity contribution < 1.29 is 28.5 Å². The second-order valence-electron chi connectivity index (χ2n) is 9.96. The molecule has 6 heteroatoms. The lowest BCUT2D eigenvalue weighted by molar-refractivity contribution is -0.0113. The minimum atomic E-state index is -0.629. The second kappa shape index (κ2) is 14.7. The summed E-state index contributed by atoms with van der Waals surface area (Å²) >= 11 is 0. The zero-order valence-corrected chi connectivity index (χ0v) is 22.3. The van der Waals surface area contributed by atoms with E-state index in [0.29, 0.717) is 42.6 Å². The molecule has 1 fully saturated rings. The summed E-state index contributed by atoms with van der Waals surface area (Å²) in [5.41, 5.74) is 3.18. The van der Waals surface area contributed by atoms with Crippen LogP contribution in [0.5, 0.6) is 5.75 Å². The molecule has 1 aliphatic carbocycles. The molecule has 3 unspecified atom stereocenters. The Morgan fingerprint density at radius 3 is 2.32 bits per heavy atom. The Hall–Kier alpha value is -2.50. The maximum absolute atomic E-state index is 11.6. The molecule has 0 N–H and O–H groups in total. The van der Waals surface area contributed by atoms with Gasteiger partial charge >= 0.3 is 12.3 Å². The summed E-state index contributed by atoms with van der Waals surface area (Å²) in [4.78, 5) is 22.9. The maximum Gasteiger partial charge on any atom is 0.513 e. The van der Waals surface area contributed by atoms with Crippen LogP contribution < -0.4 is 4.74 Å². The first-order chi connectivity index (χ1) is 15.9. The number of hydrogen-bond donors (Lipinski definition) is 0. The molecule has 1 aromatic rings. The molecule has 34 heavy (non-hydrogen) atoms. The van der Waals surface area contributed by atoms with Gasteiger partial charge in [0.25, 0.3) is 0 Å². The van der Waals surface area contributed by atoms with Gasteiger partial charge in [-0.25, -0.2) is 9.59 Å². The lowest BCUT2D eigenvalue weighted by Gasteiger charge is -2.34. The third kappa shape index (κ3) is 10.6. The van der Waals surface area contributed by atoms with E-state index < -0.39 is 12.3 Å². The first-order valence-electron chi connectivity index (χ1n) is 12.4. The predicted octanol–water partition coefficient (Wildman–Crippen LogP) is 7.83. The Morgan fingerprint density at radius 1 is 1.09 bits per heavy atom. The van der Waals surface area contributed by atoms with Gasteiger partial charge in [-0.1, -0.05) is 58.9 Å². The van der Waals surface area contributed by atoms with Crippen LogP contribution in [0.3, 0.4) is 0 Å². The zero-order valence-electron chi connectivity index (χ0n) is 22.3. The van der Waals surface area contributed by atoms with E-state index in [4.69, 9.17) is 18.9 Å². The molecular formula is C28H44O6. The topological polar surface area (TPSA) is 71.1 Å². The standard InChI is InChI=1S/C15H22O3.C13H22O3/c1-10(2)9-17-15(16)18-14-8-12(5)6-7-13(14)11(3)4;1-5-15-13(14)16-12-8-10(4)6-7-11(12)9(2)3/h6-8,10-11H,9H2,1-5H3;10-12H,2,5-8H2,1,3-4H3. The summed E-state index contributed by atoms with van der Waals surface area (Å²) in [5.74, 6) is 2.10. The van der Waals surface area contributed by atoms with Crippen LogP contribution in [0.4, 0.5) is 9.59 Å². The van der Waals surface area contributed by atoms with Crippen molar-refractivity contribution >= 4 is 12.3 Å². The molecular weight excluding hydrogens is 432 g/mol. The van der Waals surface area contributed by atoms with E-state index in [9.17, 15) is 9.59 Å². The fourth-order valence-corrected chi connectivity index (χ4v) is 3.86. The van der Waals surface area contributed by atoms with Crippen molar-refractivity contribution in [3.63, 3.8) is 0 Å². The molecule has 0 saturated heterocycles. The summed E-state index contributed by atoms with van der Waals surface area (Å²) in [6.07, 6.45) is 1.92.